The molecule has 1 saturated heterocycles. The van der Waals surface area contributed by atoms with Crippen LogP contribution < -0.4 is 0 Å². The van der Waals surface area contributed by atoms with E-state index in [4.69, 9.17) is 4.42 Å². The fraction of sp³-hybridized carbons (Fsp3) is 0.579. The maximum Gasteiger partial charge on any atom is 0.274 e. The SMILES string of the molecule is CC(C)c1cc(C(=O)N2CCCCCC2CC(O)c2ccco2)n[nH]1. The first-order valence-electron chi connectivity index (χ1n) is 9.14. The molecule has 0 bridgehead atoms. The van der Waals surface area contributed by atoms with E-state index in [1.807, 2.05) is 11.0 Å². The Hall–Kier alpha value is -2.08. The van der Waals surface area contributed by atoms with Gasteiger partial charge in [-0.3, -0.25) is 9.89 Å². The molecule has 6 nitrogen and oxygen atoms in total. The Morgan fingerprint density at radius 3 is 2.96 bits per heavy atom. The average molecular weight is 345 g/mol. The van der Waals surface area contributed by atoms with Gasteiger partial charge in [-0.25, -0.2) is 0 Å². The predicted octanol–water partition coefficient (Wildman–Crippen LogP) is 3.63. The summed E-state index contributed by atoms with van der Waals surface area (Å²) in [6.45, 7) is 4.84. The Balaban J connectivity index is 1.76. The van der Waals surface area contributed by atoms with Crippen molar-refractivity contribution in [2.45, 2.75) is 64.0 Å². The summed E-state index contributed by atoms with van der Waals surface area (Å²) < 4.78 is 5.31. The molecule has 3 rings (SSSR count). The highest BCUT2D eigenvalue weighted by Crippen LogP contribution is 2.28. The number of aromatic amines is 1. The zero-order chi connectivity index (χ0) is 17.8. The van der Waals surface area contributed by atoms with Crippen LogP contribution >= 0.6 is 0 Å². The van der Waals surface area contributed by atoms with Gasteiger partial charge in [-0.1, -0.05) is 26.7 Å². The van der Waals surface area contributed by atoms with E-state index in [0.29, 0.717) is 30.3 Å². The van der Waals surface area contributed by atoms with Gasteiger partial charge in [0.2, 0.25) is 0 Å². The zero-order valence-corrected chi connectivity index (χ0v) is 14.9. The lowest BCUT2D eigenvalue weighted by Crippen LogP contribution is -2.41. The van der Waals surface area contributed by atoms with Crippen LogP contribution in [0.4, 0.5) is 0 Å². The van der Waals surface area contributed by atoms with E-state index >= 15 is 0 Å². The molecule has 25 heavy (non-hydrogen) atoms. The van der Waals surface area contributed by atoms with E-state index in [0.717, 1.165) is 31.4 Å². The lowest BCUT2D eigenvalue weighted by molar-refractivity contribution is 0.0552. The van der Waals surface area contributed by atoms with Crippen LogP contribution in [-0.4, -0.2) is 38.7 Å². The Morgan fingerprint density at radius 1 is 1.44 bits per heavy atom. The minimum absolute atomic E-state index is 0.00528. The number of aliphatic hydroxyl groups excluding tert-OH is 1. The highest BCUT2D eigenvalue weighted by molar-refractivity contribution is 5.92. The van der Waals surface area contributed by atoms with Gasteiger partial charge in [0.25, 0.3) is 5.91 Å². The monoisotopic (exact) mass is 345 g/mol. The quantitative estimate of drug-likeness (QED) is 0.867. The number of aromatic nitrogens is 2. The van der Waals surface area contributed by atoms with Crippen LogP contribution in [0.25, 0.3) is 0 Å². The number of H-pyrrole nitrogens is 1. The minimum atomic E-state index is -0.696. The van der Waals surface area contributed by atoms with Crippen molar-refractivity contribution >= 4 is 5.91 Å². The third kappa shape index (κ3) is 4.12. The molecule has 2 atom stereocenters. The van der Waals surface area contributed by atoms with Crippen molar-refractivity contribution in [1.82, 2.24) is 15.1 Å². The summed E-state index contributed by atoms with van der Waals surface area (Å²) in [7, 11) is 0. The number of amides is 1. The van der Waals surface area contributed by atoms with Crippen molar-refractivity contribution in [2.75, 3.05) is 6.54 Å². The van der Waals surface area contributed by atoms with Crippen molar-refractivity contribution in [1.29, 1.82) is 0 Å². The molecule has 2 aromatic rings. The van der Waals surface area contributed by atoms with Crippen LogP contribution in [0.15, 0.2) is 28.9 Å². The third-order valence-electron chi connectivity index (χ3n) is 4.94. The van der Waals surface area contributed by atoms with Crippen LogP contribution in [0.5, 0.6) is 0 Å². The van der Waals surface area contributed by atoms with E-state index < -0.39 is 6.10 Å². The van der Waals surface area contributed by atoms with E-state index in [1.165, 1.54) is 0 Å². The molecule has 1 amide bonds. The number of nitrogens with zero attached hydrogens (tertiary/aromatic N) is 2. The molecule has 0 aliphatic carbocycles. The first-order chi connectivity index (χ1) is 12.1. The highest BCUT2D eigenvalue weighted by atomic mass is 16.4. The molecule has 1 aliphatic rings. The molecule has 2 N–H and O–H groups in total. The number of hydrogen-bond donors (Lipinski definition) is 2. The Bertz CT molecular complexity index is 678. The van der Waals surface area contributed by atoms with Crippen LogP contribution in [0.2, 0.25) is 0 Å². The van der Waals surface area contributed by atoms with Crippen LogP contribution in [0.1, 0.15) is 79.9 Å². The van der Waals surface area contributed by atoms with E-state index in [9.17, 15) is 9.90 Å². The number of nitrogens with one attached hydrogen (secondary N) is 1. The van der Waals surface area contributed by atoms with Gasteiger partial charge in [-0.05, 0) is 37.0 Å². The van der Waals surface area contributed by atoms with Gasteiger partial charge in [0.15, 0.2) is 0 Å². The van der Waals surface area contributed by atoms with Gasteiger partial charge in [-0.2, -0.15) is 5.10 Å². The molecule has 3 heterocycles. The molecule has 136 valence electrons. The third-order valence-corrected chi connectivity index (χ3v) is 4.94. The molecule has 2 aromatic heterocycles. The zero-order valence-electron chi connectivity index (χ0n) is 14.9. The summed E-state index contributed by atoms with van der Waals surface area (Å²) in [4.78, 5) is 14.9. The summed E-state index contributed by atoms with van der Waals surface area (Å²) in [6, 6.07) is 5.38. The fourth-order valence-corrected chi connectivity index (χ4v) is 3.43. The van der Waals surface area contributed by atoms with Crippen molar-refractivity contribution < 1.29 is 14.3 Å². The van der Waals surface area contributed by atoms with Crippen LogP contribution in [0, 0.1) is 0 Å². The first kappa shape index (κ1) is 17.7. The number of aliphatic hydroxyl groups is 1. The number of carbonyl (C=O) groups is 1. The van der Waals surface area contributed by atoms with Crippen LogP contribution in [0.3, 0.4) is 0 Å². The second-order valence-electron chi connectivity index (χ2n) is 7.13. The van der Waals surface area contributed by atoms with E-state index in [1.54, 1.807) is 18.4 Å². The second kappa shape index (κ2) is 7.87. The Kier molecular flexibility index (Phi) is 5.58. The molecular formula is C19H27N3O3. The minimum Gasteiger partial charge on any atom is -0.467 e. The first-order valence-corrected chi connectivity index (χ1v) is 9.14. The molecular weight excluding hydrogens is 318 g/mol. The maximum absolute atomic E-state index is 13.0. The van der Waals surface area contributed by atoms with Gasteiger partial charge in [0.1, 0.15) is 17.6 Å². The van der Waals surface area contributed by atoms with Crippen LogP contribution in [-0.2, 0) is 0 Å². The second-order valence-corrected chi connectivity index (χ2v) is 7.13. The normalized spacial score (nSPS) is 19.8. The van der Waals surface area contributed by atoms with Gasteiger partial charge >= 0.3 is 0 Å². The summed E-state index contributed by atoms with van der Waals surface area (Å²) in [5.74, 6) is 0.801. The van der Waals surface area contributed by atoms with Crippen molar-refractivity contribution in [3.63, 3.8) is 0 Å². The van der Waals surface area contributed by atoms with Gasteiger partial charge in [0.05, 0.1) is 6.26 Å². The molecule has 6 heteroatoms. The summed E-state index contributed by atoms with van der Waals surface area (Å²) in [6.07, 6.45) is 5.41. The summed E-state index contributed by atoms with van der Waals surface area (Å²) >= 11 is 0. The Morgan fingerprint density at radius 2 is 2.28 bits per heavy atom. The average Bonchev–Trinajstić information content (AvgIpc) is 3.24. The molecule has 2 unspecified atom stereocenters. The van der Waals surface area contributed by atoms with Gasteiger partial charge in [0, 0.05) is 24.7 Å². The lowest BCUT2D eigenvalue weighted by atomic mass is 10.0. The smallest absolute Gasteiger partial charge is 0.274 e. The predicted molar refractivity (Wildman–Crippen MR) is 94.3 cm³/mol. The summed E-state index contributed by atoms with van der Waals surface area (Å²) in [5, 5.41) is 17.6. The molecule has 0 radical (unpaired) electrons. The molecule has 0 saturated carbocycles. The molecule has 0 spiro atoms. The number of hydrogen-bond acceptors (Lipinski definition) is 4. The van der Waals surface area contributed by atoms with Gasteiger partial charge in [-0.15, -0.1) is 0 Å². The number of carbonyl (C=O) groups excluding carboxylic acids is 1. The van der Waals surface area contributed by atoms with Crippen molar-refractivity contribution in [3.05, 3.63) is 41.6 Å². The van der Waals surface area contributed by atoms with Crippen molar-refractivity contribution in [2.24, 2.45) is 0 Å². The molecule has 1 aliphatic heterocycles. The lowest BCUT2D eigenvalue weighted by Gasteiger charge is -2.30. The highest BCUT2D eigenvalue weighted by Gasteiger charge is 2.30. The van der Waals surface area contributed by atoms with Crippen molar-refractivity contribution in [3.8, 4) is 0 Å². The number of furan rings is 1. The topological polar surface area (TPSA) is 82.4 Å². The van der Waals surface area contributed by atoms with E-state index in [-0.39, 0.29) is 11.9 Å². The Labute approximate surface area is 148 Å². The number of rotatable bonds is 5. The van der Waals surface area contributed by atoms with E-state index in [2.05, 4.69) is 24.0 Å². The largest absolute Gasteiger partial charge is 0.467 e. The molecule has 0 aromatic carbocycles. The maximum atomic E-state index is 13.0. The molecule has 1 fully saturated rings. The van der Waals surface area contributed by atoms with Gasteiger partial charge < -0.3 is 14.4 Å². The standard InChI is InChI=1S/C19H27N3O3/c1-13(2)15-12-16(21-20-15)19(24)22-9-5-3-4-7-14(22)11-17(23)18-8-6-10-25-18/h6,8,10,12-14,17,23H,3-5,7,9,11H2,1-2H3,(H,20,21). The fourth-order valence-electron chi connectivity index (χ4n) is 3.43. The summed E-state index contributed by atoms with van der Waals surface area (Å²) in [5.41, 5.74) is 1.42. The number of likely N-dealkylation sites (tertiary alicyclic amines) is 1.